The molecular weight excluding hydrogens is 298 g/mol. The van der Waals surface area contributed by atoms with Gasteiger partial charge in [0.15, 0.2) is 0 Å². The quantitative estimate of drug-likeness (QED) is 0.695. The van der Waals surface area contributed by atoms with Crippen molar-refractivity contribution in [3.05, 3.63) is 60.7 Å². The molecule has 0 spiro atoms. The van der Waals surface area contributed by atoms with Gasteiger partial charge in [0.25, 0.3) is 0 Å². The summed E-state index contributed by atoms with van der Waals surface area (Å²) in [6.45, 7) is 0. The zero-order valence-electron chi connectivity index (χ0n) is 13.3. The highest BCUT2D eigenvalue weighted by Gasteiger charge is 2.14. The molecule has 0 fully saturated rings. The zero-order valence-corrected chi connectivity index (χ0v) is 13.3. The summed E-state index contributed by atoms with van der Waals surface area (Å²) >= 11 is 0. The lowest BCUT2D eigenvalue weighted by atomic mass is 10.0. The van der Waals surface area contributed by atoms with Crippen LogP contribution in [-0.2, 0) is 4.79 Å². The van der Waals surface area contributed by atoms with Crippen molar-refractivity contribution in [1.29, 1.82) is 0 Å². The summed E-state index contributed by atoms with van der Waals surface area (Å²) in [6.07, 6.45) is 7.00. The predicted octanol–water partition coefficient (Wildman–Crippen LogP) is 4.52. The van der Waals surface area contributed by atoms with Gasteiger partial charge in [0.2, 0.25) is 5.91 Å². The summed E-state index contributed by atoms with van der Waals surface area (Å²) < 4.78 is 0. The number of rotatable bonds is 4. The van der Waals surface area contributed by atoms with Crippen LogP contribution < -0.4 is 5.32 Å². The molecule has 1 aliphatic carbocycles. The minimum atomic E-state index is 0.0632. The number of carbonyl (C=O) groups is 1. The lowest BCUT2D eigenvalue weighted by molar-refractivity contribution is -0.116. The molecule has 0 unspecified atom stereocenters. The van der Waals surface area contributed by atoms with E-state index < -0.39 is 0 Å². The van der Waals surface area contributed by atoms with E-state index in [4.69, 9.17) is 0 Å². The SMILES string of the molecule is O=C(C[C@@H]1C=CCC1)Nc1cccc(-c2nc3ccccc3[nH]2)c1. The fraction of sp³-hybridized carbons (Fsp3) is 0.200. The van der Waals surface area contributed by atoms with E-state index in [9.17, 15) is 4.79 Å². The summed E-state index contributed by atoms with van der Waals surface area (Å²) in [5.41, 5.74) is 3.72. The second-order valence-electron chi connectivity index (χ2n) is 6.20. The van der Waals surface area contributed by atoms with Crippen LogP contribution in [0.25, 0.3) is 22.4 Å². The van der Waals surface area contributed by atoms with Crippen molar-refractivity contribution in [2.24, 2.45) is 5.92 Å². The Bertz CT molecular complexity index is 877. The van der Waals surface area contributed by atoms with Crippen LogP contribution in [0.2, 0.25) is 0 Å². The first-order chi connectivity index (χ1) is 11.8. The van der Waals surface area contributed by atoms with Gasteiger partial charge in [-0.1, -0.05) is 36.4 Å². The third-order valence-electron chi connectivity index (χ3n) is 4.37. The summed E-state index contributed by atoms with van der Waals surface area (Å²) in [5.74, 6) is 1.25. The molecule has 1 heterocycles. The van der Waals surface area contributed by atoms with E-state index in [1.54, 1.807) is 0 Å². The molecule has 0 aliphatic heterocycles. The molecule has 2 aromatic carbocycles. The summed E-state index contributed by atoms with van der Waals surface area (Å²) in [6, 6.07) is 15.7. The Hall–Kier alpha value is -2.88. The molecule has 1 aromatic heterocycles. The minimum Gasteiger partial charge on any atom is -0.338 e. The third kappa shape index (κ3) is 3.08. The molecule has 0 bridgehead atoms. The fourth-order valence-corrected chi connectivity index (χ4v) is 3.15. The highest BCUT2D eigenvalue weighted by molar-refractivity contribution is 5.91. The number of amides is 1. The first kappa shape index (κ1) is 14.7. The number of fused-ring (bicyclic) bond motifs is 1. The van der Waals surface area contributed by atoms with Gasteiger partial charge in [-0.25, -0.2) is 4.98 Å². The molecule has 24 heavy (non-hydrogen) atoms. The molecule has 0 saturated heterocycles. The van der Waals surface area contributed by atoms with Crippen molar-refractivity contribution in [3.63, 3.8) is 0 Å². The molecule has 4 heteroatoms. The van der Waals surface area contributed by atoms with Crippen molar-refractivity contribution >= 4 is 22.6 Å². The first-order valence-corrected chi connectivity index (χ1v) is 8.30. The van der Waals surface area contributed by atoms with Crippen molar-refractivity contribution in [2.45, 2.75) is 19.3 Å². The monoisotopic (exact) mass is 317 g/mol. The average molecular weight is 317 g/mol. The number of aromatic amines is 1. The number of para-hydroxylation sites is 2. The topological polar surface area (TPSA) is 57.8 Å². The molecule has 120 valence electrons. The number of nitrogens with one attached hydrogen (secondary N) is 2. The van der Waals surface area contributed by atoms with Gasteiger partial charge in [0, 0.05) is 17.7 Å². The molecule has 0 radical (unpaired) electrons. The Labute approximate surface area is 140 Å². The van der Waals surface area contributed by atoms with Crippen LogP contribution >= 0.6 is 0 Å². The lowest BCUT2D eigenvalue weighted by Crippen LogP contribution is -2.14. The Kier molecular flexibility index (Phi) is 3.87. The van der Waals surface area contributed by atoms with Gasteiger partial charge in [0.05, 0.1) is 11.0 Å². The Balaban J connectivity index is 1.52. The van der Waals surface area contributed by atoms with Crippen LogP contribution in [-0.4, -0.2) is 15.9 Å². The second-order valence-corrected chi connectivity index (χ2v) is 6.20. The van der Waals surface area contributed by atoms with Gasteiger partial charge in [-0.05, 0) is 43.0 Å². The number of H-pyrrole nitrogens is 1. The van der Waals surface area contributed by atoms with E-state index in [0.717, 1.165) is 41.0 Å². The molecule has 4 nitrogen and oxygen atoms in total. The smallest absolute Gasteiger partial charge is 0.224 e. The number of anilines is 1. The second kappa shape index (κ2) is 6.32. The normalized spacial score (nSPS) is 16.6. The molecule has 0 saturated carbocycles. The minimum absolute atomic E-state index is 0.0632. The highest BCUT2D eigenvalue weighted by Crippen LogP contribution is 2.24. The van der Waals surface area contributed by atoms with E-state index in [2.05, 4.69) is 27.4 Å². The number of carbonyl (C=O) groups excluding carboxylic acids is 1. The van der Waals surface area contributed by atoms with Crippen molar-refractivity contribution in [2.75, 3.05) is 5.32 Å². The van der Waals surface area contributed by atoms with Crippen LogP contribution in [0.4, 0.5) is 5.69 Å². The molecule has 3 aromatic rings. The maximum atomic E-state index is 12.2. The number of allylic oxidation sites excluding steroid dienone is 2. The number of nitrogens with zero attached hydrogens (tertiary/aromatic N) is 1. The Morgan fingerprint density at radius 3 is 2.96 bits per heavy atom. The number of hydrogen-bond acceptors (Lipinski definition) is 2. The maximum Gasteiger partial charge on any atom is 0.224 e. The number of aromatic nitrogens is 2. The van der Waals surface area contributed by atoms with Gasteiger partial charge in [0.1, 0.15) is 5.82 Å². The largest absolute Gasteiger partial charge is 0.338 e. The number of hydrogen-bond donors (Lipinski definition) is 2. The maximum absolute atomic E-state index is 12.2. The first-order valence-electron chi connectivity index (χ1n) is 8.30. The van der Waals surface area contributed by atoms with E-state index in [1.807, 2.05) is 48.5 Å². The van der Waals surface area contributed by atoms with Gasteiger partial charge in [-0.3, -0.25) is 4.79 Å². The average Bonchev–Trinajstić information content (AvgIpc) is 3.24. The summed E-state index contributed by atoms with van der Waals surface area (Å²) in [4.78, 5) is 20.1. The van der Waals surface area contributed by atoms with Gasteiger partial charge in [-0.2, -0.15) is 0 Å². The molecule has 4 rings (SSSR count). The Morgan fingerprint density at radius 2 is 2.12 bits per heavy atom. The van der Waals surface area contributed by atoms with E-state index in [1.165, 1.54) is 0 Å². The molecule has 1 amide bonds. The summed E-state index contributed by atoms with van der Waals surface area (Å²) in [7, 11) is 0. The standard InChI is InChI=1S/C20H19N3O/c24-19(12-14-6-1-2-7-14)21-16-9-5-8-15(13-16)20-22-17-10-3-4-11-18(17)23-20/h1,3-6,8-11,13-14H,2,7,12H2,(H,21,24)(H,22,23)/t14-/m1/s1. The highest BCUT2D eigenvalue weighted by atomic mass is 16.1. The van der Waals surface area contributed by atoms with Crippen molar-refractivity contribution in [1.82, 2.24) is 9.97 Å². The van der Waals surface area contributed by atoms with Gasteiger partial charge in [-0.15, -0.1) is 0 Å². The van der Waals surface area contributed by atoms with Gasteiger partial charge >= 0.3 is 0 Å². The van der Waals surface area contributed by atoms with Crippen molar-refractivity contribution in [3.8, 4) is 11.4 Å². The molecular formula is C20H19N3O. The van der Waals surface area contributed by atoms with E-state index in [-0.39, 0.29) is 5.91 Å². The number of benzene rings is 2. The fourth-order valence-electron chi connectivity index (χ4n) is 3.15. The Morgan fingerprint density at radius 1 is 1.21 bits per heavy atom. The van der Waals surface area contributed by atoms with Crippen LogP contribution in [0, 0.1) is 5.92 Å². The molecule has 2 N–H and O–H groups in total. The zero-order chi connectivity index (χ0) is 16.4. The van der Waals surface area contributed by atoms with Crippen LogP contribution in [0.5, 0.6) is 0 Å². The summed E-state index contributed by atoms with van der Waals surface area (Å²) in [5, 5.41) is 3.00. The third-order valence-corrected chi connectivity index (χ3v) is 4.37. The molecule has 1 atom stereocenters. The van der Waals surface area contributed by atoms with Crippen LogP contribution in [0.3, 0.4) is 0 Å². The van der Waals surface area contributed by atoms with Crippen molar-refractivity contribution < 1.29 is 4.79 Å². The van der Waals surface area contributed by atoms with E-state index >= 15 is 0 Å². The molecule has 1 aliphatic rings. The number of imidazole rings is 1. The van der Waals surface area contributed by atoms with Gasteiger partial charge < -0.3 is 10.3 Å². The van der Waals surface area contributed by atoms with E-state index in [0.29, 0.717) is 12.3 Å². The van der Waals surface area contributed by atoms with Crippen LogP contribution in [0.15, 0.2) is 60.7 Å². The predicted molar refractivity (Wildman–Crippen MR) is 96.6 cm³/mol. The van der Waals surface area contributed by atoms with Crippen LogP contribution in [0.1, 0.15) is 19.3 Å². The lowest BCUT2D eigenvalue weighted by Gasteiger charge is -2.09.